The molecule has 32 heavy (non-hydrogen) atoms. The Labute approximate surface area is 186 Å². The van der Waals surface area contributed by atoms with E-state index in [2.05, 4.69) is 24.3 Å². The summed E-state index contributed by atoms with van der Waals surface area (Å²) in [5.74, 6) is -0.175. The summed E-state index contributed by atoms with van der Waals surface area (Å²) in [5, 5.41) is 7.29. The number of amides is 2. The van der Waals surface area contributed by atoms with E-state index in [0.29, 0.717) is 18.7 Å². The second kappa shape index (κ2) is 7.58. The van der Waals surface area contributed by atoms with Crippen molar-refractivity contribution >= 4 is 23.6 Å². The molecule has 1 aliphatic heterocycles. The molecular formula is C25H26N4O3. The third kappa shape index (κ3) is 3.38. The van der Waals surface area contributed by atoms with Crippen LogP contribution in [-0.2, 0) is 16.0 Å². The predicted molar refractivity (Wildman–Crippen MR) is 119 cm³/mol. The zero-order valence-corrected chi connectivity index (χ0v) is 18.1. The second-order valence-electron chi connectivity index (χ2n) is 9.40. The first kappa shape index (κ1) is 20.4. The Kier molecular flexibility index (Phi) is 4.84. The number of carbonyl (C=O) groups excluding carboxylic acids is 3. The number of pyridine rings is 1. The van der Waals surface area contributed by atoms with Crippen LogP contribution < -0.4 is 5.32 Å². The zero-order valence-electron chi connectivity index (χ0n) is 18.1. The molecule has 2 aliphatic rings. The fourth-order valence-electron chi connectivity index (χ4n) is 5.25. The van der Waals surface area contributed by atoms with Gasteiger partial charge in [-0.25, -0.2) is 4.52 Å². The molecule has 3 aromatic rings. The van der Waals surface area contributed by atoms with Gasteiger partial charge < -0.3 is 15.0 Å². The smallest absolute Gasteiger partial charge is 0.275 e. The highest BCUT2D eigenvalue weighted by Gasteiger charge is 2.69. The lowest BCUT2D eigenvalue weighted by atomic mass is 9.99. The third-order valence-electron chi connectivity index (χ3n) is 7.12. The van der Waals surface area contributed by atoms with Crippen LogP contribution in [0.2, 0.25) is 0 Å². The molecule has 0 spiro atoms. The lowest BCUT2D eigenvalue weighted by Crippen LogP contribution is -2.52. The van der Waals surface area contributed by atoms with E-state index >= 15 is 0 Å². The lowest BCUT2D eigenvalue weighted by molar-refractivity contribution is -0.128. The Hall–Kier alpha value is -3.48. The van der Waals surface area contributed by atoms with Gasteiger partial charge in [0.1, 0.15) is 12.3 Å². The molecule has 2 amide bonds. The van der Waals surface area contributed by atoms with Crippen molar-refractivity contribution in [1.82, 2.24) is 19.8 Å². The highest BCUT2D eigenvalue weighted by Crippen LogP contribution is 2.65. The van der Waals surface area contributed by atoms with Crippen molar-refractivity contribution in [2.45, 2.75) is 32.4 Å². The number of hydrogen-bond donors (Lipinski definition) is 1. The van der Waals surface area contributed by atoms with Gasteiger partial charge in [-0.15, -0.1) is 0 Å². The first-order valence-corrected chi connectivity index (χ1v) is 10.9. The van der Waals surface area contributed by atoms with E-state index < -0.39 is 12.1 Å². The van der Waals surface area contributed by atoms with Crippen molar-refractivity contribution in [2.24, 2.45) is 17.3 Å². The molecule has 7 heteroatoms. The first-order chi connectivity index (χ1) is 15.4. The van der Waals surface area contributed by atoms with Crippen LogP contribution in [0.1, 0.15) is 29.9 Å². The number of likely N-dealkylation sites (tertiary alicyclic amines) is 1. The molecular weight excluding hydrogens is 404 g/mol. The van der Waals surface area contributed by atoms with E-state index in [1.807, 2.05) is 48.5 Å². The Balaban J connectivity index is 1.37. The molecule has 3 heterocycles. The number of rotatable bonds is 6. The summed E-state index contributed by atoms with van der Waals surface area (Å²) in [6.45, 7) is 4.79. The van der Waals surface area contributed by atoms with E-state index in [1.165, 1.54) is 0 Å². The standard InChI is InChI=1S/C25H26N4O3/c1-25(2)19-14-28(24(32)20-13-18-10-6-7-11-29(18)27-20)22(21(19)25)23(31)26-17(15-30)12-16-8-4-3-5-9-16/h3-11,13,15,17,19,21-22H,12,14H2,1-2H3,(H,26,31)/t17-,19-,21?,22-/m0/s1. The highest BCUT2D eigenvalue weighted by molar-refractivity contribution is 5.98. The van der Waals surface area contributed by atoms with Gasteiger partial charge in [-0.3, -0.25) is 9.59 Å². The van der Waals surface area contributed by atoms with Gasteiger partial charge in [0.15, 0.2) is 5.69 Å². The normalized spacial score (nSPS) is 24.1. The van der Waals surface area contributed by atoms with Gasteiger partial charge in [-0.2, -0.15) is 5.10 Å². The maximum absolute atomic E-state index is 13.4. The quantitative estimate of drug-likeness (QED) is 0.609. The van der Waals surface area contributed by atoms with Crippen molar-refractivity contribution in [3.63, 3.8) is 0 Å². The van der Waals surface area contributed by atoms with E-state index in [0.717, 1.165) is 17.4 Å². The Morgan fingerprint density at radius 2 is 1.94 bits per heavy atom. The Bertz CT molecular complexity index is 1150. The number of fused-ring (bicyclic) bond motifs is 2. The van der Waals surface area contributed by atoms with Gasteiger partial charge in [0, 0.05) is 12.7 Å². The predicted octanol–water partition coefficient (Wildman–Crippen LogP) is 2.36. The zero-order chi connectivity index (χ0) is 22.5. The number of aldehydes is 1. The fourth-order valence-corrected chi connectivity index (χ4v) is 5.25. The number of nitrogens with one attached hydrogen (secondary N) is 1. The van der Waals surface area contributed by atoms with Crippen LogP contribution >= 0.6 is 0 Å². The molecule has 2 aromatic heterocycles. The van der Waals surface area contributed by atoms with Gasteiger partial charge in [0.2, 0.25) is 5.91 Å². The van der Waals surface area contributed by atoms with Crippen LogP contribution in [-0.4, -0.2) is 51.2 Å². The van der Waals surface area contributed by atoms with Gasteiger partial charge in [-0.1, -0.05) is 50.2 Å². The number of benzene rings is 1. The molecule has 1 aliphatic carbocycles. The number of carbonyl (C=O) groups is 3. The fraction of sp³-hybridized carbons (Fsp3) is 0.360. The largest absolute Gasteiger partial charge is 0.344 e. The van der Waals surface area contributed by atoms with Gasteiger partial charge >= 0.3 is 0 Å². The van der Waals surface area contributed by atoms with Crippen molar-refractivity contribution in [1.29, 1.82) is 0 Å². The maximum atomic E-state index is 13.4. The monoisotopic (exact) mass is 430 g/mol. The van der Waals surface area contributed by atoms with E-state index in [4.69, 9.17) is 0 Å². The summed E-state index contributed by atoms with van der Waals surface area (Å²) >= 11 is 0. The van der Waals surface area contributed by atoms with Crippen LogP contribution in [0.5, 0.6) is 0 Å². The topological polar surface area (TPSA) is 83.8 Å². The summed E-state index contributed by atoms with van der Waals surface area (Å²) < 4.78 is 1.66. The highest BCUT2D eigenvalue weighted by atomic mass is 16.2. The van der Waals surface area contributed by atoms with Gasteiger partial charge in [0.25, 0.3) is 5.91 Å². The van der Waals surface area contributed by atoms with E-state index in [-0.39, 0.29) is 29.1 Å². The molecule has 0 radical (unpaired) electrons. The minimum absolute atomic E-state index is 0.00615. The van der Waals surface area contributed by atoms with Crippen molar-refractivity contribution in [3.05, 3.63) is 72.1 Å². The lowest BCUT2D eigenvalue weighted by Gasteiger charge is -2.30. The van der Waals surface area contributed by atoms with Crippen molar-refractivity contribution < 1.29 is 14.4 Å². The van der Waals surface area contributed by atoms with Crippen LogP contribution in [0.3, 0.4) is 0 Å². The maximum Gasteiger partial charge on any atom is 0.275 e. The second-order valence-corrected chi connectivity index (χ2v) is 9.40. The molecule has 0 bridgehead atoms. The molecule has 1 unspecified atom stereocenters. The molecule has 5 rings (SSSR count). The average molecular weight is 431 g/mol. The molecule has 4 atom stereocenters. The summed E-state index contributed by atoms with van der Waals surface area (Å²) in [7, 11) is 0. The minimum Gasteiger partial charge on any atom is -0.344 e. The molecule has 164 valence electrons. The summed E-state index contributed by atoms with van der Waals surface area (Å²) in [6, 6.07) is 15.7. The molecule has 2 fully saturated rings. The number of nitrogens with zero attached hydrogens (tertiary/aromatic N) is 3. The van der Waals surface area contributed by atoms with E-state index in [1.54, 1.807) is 21.7 Å². The molecule has 1 N–H and O–H groups in total. The number of hydrogen-bond acceptors (Lipinski definition) is 4. The number of aromatic nitrogens is 2. The third-order valence-corrected chi connectivity index (χ3v) is 7.12. The SMILES string of the molecule is CC1(C)C2[C@@H](C(=O)N[C@H](C=O)Cc3ccccc3)N(C(=O)c3cc4ccccn4n3)C[C@@H]21. The minimum atomic E-state index is -0.641. The molecule has 1 saturated carbocycles. The van der Waals surface area contributed by atoms with Crippen LogP contribution in [0.4, 0.5) is 0 Å². The van der Waals surface area contributed by atoms with E-state index in [9.17, 15) is 14.4 Å². The van der Waals surface area contributed by atoms with Gasteiger partial charge in [-0.05, 0) is 47.4 Å². The van der Waals surface area contributed by atoms with Crippen LogP contribution in [0.25, 0.3) is 5.52 Å². The van der Waals surface area contributed by atoms with Crippen molar-refractivity contribution in [2.75, 3.05) is 6.54 Å². The number of piperidine rings is 1. The van der Waals surface area contributed by atoms with Crippen LogP contribution in [0, 0.1) is 17.3 Å². The van der Waals surface area contributed by atoms with Crippen molar-refractivity contribution in [3.8, 4) is 0 Å². The summed E-state index contributed by atoms with van der Waals surface area (Å²) in [5.41, 5.74) is 2.11. The molecule has 1 aromatic carbocycles. The van der Waals surface area contributed by atoms with Crippen LogP contribution in [0.15, 0.2) is 60.8 Å². The Morgan fingerprint density at radius 3 is 2.66 bits per heavy atom. The average Bonchev–Trinajstić information content (AvgIpc) is 3.18. The summed E-state index contributed by atoms with van der Waals surface area (Å²) in [4.78, 5) is 40.1. The van der Waals surface area contributed by atoms with Gasteiger partial charge in [0.05, 0.1) is 11.6 Å². The molecule has 1 saturated heterocycles. The molecule has 7 nitrogen and oxygen atoms in total. The first-order valence-electron chi connectivity index (χ1n) is 10.9. The summed E-state index contributed by atoms with van der Waals surface area (Å²) in [6.07, 6.45) is 2.98. The Morgan fingerprint density at radius 1 is 1.19 bits per heavy atom.